The van der Waals surface area contributed by atoms with Crippen molar-refractivity contribution < 1.29 is 9.53 Å². The summed E-state index contributed by atoms with van der Waals surface area (Å²) >= 11 is 0. The number of benzene rings is 2. The number of nitrogens with one attached hydrogen (secondary N) is 1. The molecule has 1 aliphatic rings. The monoisotopic (exact) mass is 309 g/mol. The molecule has 0 heterocycles. The van der Waals surface area contributed by atoms with Crippen LogP contribution < -0.4 is 10.1 Å². The van der Waals surface area contributed by atoms with E-state index >= 15 is 0 Å². The summed E-state index contributed by atoms with van der Waals surface area (Å²) in [5.74, 6) is 0.881. The number of hydrogen-bond donors (Lipinski definition) is 1. The van der Waals surface area contributed by atoms with Gasteiger partial charge in [-0.1, -0.05) is 24.3 Å². The summed E-state index contributed by atoms with van der Waals surface area (Å²) in [4.78, 5) is 12.2. The van der Waals surface area contributed by atoms with E-state index in [1.807, 2.05) is 36.4 Å². The second-order valence-corrected chi connectivity index (χ2v) is 5.96. The van der Waals surface area contributed by atoms with Gasteiger partial charge in [-0.25, -0.2) is 0 Å². The molecule has 3 nitrogen and oxygen atoms in total. The summed E-state index contributed by atoms with van der Waals surface area (Å²) < 4.78 is 5.62. The average molecular weight is 309 g/mol. The summed E-state index contributed by atoms with van der Waals surface area (Å²) in [6, 6.07) is 15.9. The van der Waals surface area contributed by atoms with Crippen LogP contribution in [0.2, 0.25) is 0 Å². The minimum Gasteiger partial charge on any atom is -0.494 e. The lowest BCUT2D eigenvalue weighted by molar-refractivity contribution is 0.0951. The molecule has 0 saturated heterocycles. The fourth-order valence-electron chi connectivity index (χ4n) is 2.96. The zero-order chi connectivity index (χ0) is 15.9. The van der Waals surface area contributed by atoms with Gasteiger partial charge < -0.3 is 10.1 Å². The molecule has 1 aliphatic carbocycles. The van der Waals surface area contributed by atoms with Crippen molar-refractivity contribution in [3.8, 4) is 5.75 Å². The first-order chi connectivity index (χ1) is 11.3. The van der Waals surface area contributed by atoms with Crippen LogP contribution in [0, 0.1) is 0 Å². The lowest BCUT2D eigenvalue weighted by atomic mass is 9.90. The smallest absolute Gasteiger partial charge is 0.251 e. The van der Waals surface area contributed by atoms with Crippen molar-refractivity contribution in [1.29, 1.82) is 0 Å². The Labute approximate surface area is 137 Å². The van der Waals surface area contributed by atoms with Gasteiger partial charge in [0.05, 0.1) is 6.61 Å². The maximum atomic E-state index is 12.2. The van der Waals surface area contributed by atoms with Crippen molar-refractivity contribution in [2.24, 2.45) is 0 Å². The number of carbonyl (C=O) groups is 1. The van der Waals surface area contributed by atoms with Gasteiger partial charge in [0.1, 0.15) is 5.75 Å². The standard InChI is InChI=1S/C20H23NO2/c22-20(18-12-11-16-7-4-5-8-17(16)15-18)21-13-6-14-23-19-9-2-1-3-10-19/h1-3,9-12,15H,4-8,13-14H2,(H,21,22). The fourth-order valence-corrected chi connectivity index (χ4v) is 2.96. The third-order valence-corrected chi connectivity index (χ3v) is 4.23. The van der Waals surface area contributed by atoms with Crippen LogP contribution in [0.15, 0.2) is 48.5 Å². The predicted molar refractivity (Wildman–Crippen MR) is 92.0 cm³/mol. The van der Waals surface area contributed by atoms with E-state index in [1.54, 1.807) is 0 Å². The number of carbonyl (C=O) groups excluding carboxylic acids is 1. The number of rotatable bonds is 6. The van der Waals surface area contributed by atoms with E-state index in [4.69, 9.17) is 4.74 Å². The van der Waals surface area contributed by atoms with Gasteiger partial charge in [0.15, 0.2) is 0 Å². The number of amides is 1. The minimum absolute atomic E-state index is 0.0121. The van der Waals surface area contributed by atoms with E-state index in [0.717, 1.165) is 30.6 Å². The molecule has 2 aromatic carbocycles. The van der Waals surface area contributed by atoms with Gasteiger partial charge in [-0.05, 0) is 67.5 Å². The average Bonchev–Trinajstić information content (AvgIpc) is 2.61. The van der Waals surface area contributed by atoms with Gasteiger partial charge in [-0.15, -0.1) is 0 Å². The molecule has 3 rings (SSSR count). The van der Waals surface area contributed by atoms with Crippen LogP contribution in [0.4, 0.5) is 0 Å². The lowest BCUT2D eigenvalue weighted by Crippen LogP contribution is -2.25. The molecule has 0 bridgehead atoms. The summed E-state index contributed by atoms with van der Waals surface area (Å²) in [7, 11) is 0. The largest absolute Gasteiger partial charge is 0.494 e. The summed E-state index contributed by atoms with van der Waals surface area (Å²) in [5, 5.41) is 2.97. The van der Waals surface area contributed by atoms with E-state index in [1.165, 1.54) is 24.0 Å². The van der Waals surface area contributed by atoms with Crippen molar-refractivity contribution in [2.45, 2.75) is 32.1 Å². The molecule has 0 atom stereocenters. The summed E-state index contributed by atoms with van der Waals surface area (Å²) in [6.07, 6.45) is 5.54. The molecule has 1 N–H and O–H groups in total. The highest BCUT2D eigenvalue weighted by Gasteiger charge is 2.12. The maximum absolute atomic E-state index is 12.2. The zero-order valence-electron chi connectivity index (χ0n) is 13.4. The Balaban J connectivity index is 1.42. The van der Waals surface area contributed by atoms with Gasteiger partial charge in [0.25, 0.3) is 5.91 Å². The van der Waals surface area contributed by atoms with Crippen LogP contribution in [0.25, 0.3) is 0 Å². The quantitative estimate of drug-likeness (QED) is 0.825. The summed E-state index contributed by atoms with van der Waals surface area (Å²) in [5.41, 5.74) is 3.52. The Bertz CT molecular complexity index is 652. The Hall–Kier alpha value is -2.29. The van der Waals surface area contributed by atoms with Crippen LogP contribution in [-0.4, -0.2) is 19.1 Å². The first-order valence-corrected chi connectivity index (χ1v) is 8.41. The third-order valence-electron chi connectivity index (χ3n) is 4.23. The van der Waals surface area contributed by atoms with Crippen molar-refractivity contribution in [3.05, 3.63) is 65.2 Å². The van der Waals surface area contributed by atoms with E-state index in [9.17, 15) is 4.79 Å². The van der Waals surface area contributed by atoms with Crippen molar-refractivity contribution in [1.82, 2.24) is 5.32 Å². The van der Waals surface area contributed by atoms with Crippen LogP contribution in [-0.2, 0) is 12.8 Å². The fraction of sp³-hybridized carbons (Fsp3) is 0.350. The Kier molecular flexibility index (Phi) is 5.30. The molecule has 0 aromatic heterocycles. The maximum Gasteiger partial charge on any atom is 0.251 e. The molecule has 23 heavy (non-hydrogen) atoms. The Morgan fingerprint density at radius 1 is 1.00 bits per heavy atom. The first kappa shape index (κ1) is 15.6. The van der Waals surface area contributed by atoms with Gasteiger partial charge in [0, 0.05) is 12.1 Å². The van der Waals surface area contributed by atoms with Crippen LogP contribution in [0.3, 0.4) is 0 Å². The van der Waals surface area contributed by atoms with Gasteiger partial charge in [-0.3, -0.25) is 4.79 Å². The Morgan fingerprint density at radius 3 is 2.61 bits per heavy atom. The van der Waals surface area contributed by atoms with Crippen molar-refractivity contribution in [3.63, 3.8) is 0 Å². The third kappa shape index (κ3) is 4.35. The normalized spacial score (nSPS) is 13.2. The van der Waals surface area contributed by atoms with E-state index in [0.29, 0.717) is 13.2 Å². The van der Waals surface area contributed by atoms with E-state index in [-0.39, 0.29) is 5.91 Å². The van der Waals surface area contributed by atoms with Crippen molar-refractivity contribution in [2.75, 3.05) is 13.2 Å². The number of para-hydroxylation sites is 1. The molecule has 0 spiro atoms. The van der Waals surface area contributed by atoms with E-state index in [2.05, 4.69) is 17.4 Å². The molecular formula is C20H23NO2. The number of fused-ring (bicyclic) bond motifs is 1. The van der Waals surface area contributed by atoms with Crippen LogP contribution in [0.1, 0.15) is 40.7 Å². The van der Waals surface area contributed by atoms with Crippen LogP contribution >= 0.6 is 0 Å². The highest BCUT2D eigenvalue weighted by atomic mass is 16.5. The van der Waals surface area contributed by atoms with Gasteiger partial charge in [0.2, 0.25) is 0 Å². The Morgan fingerprint density at radius 2 is 1.78 bits per heavy atom. The number of hydrogen-bond acceptors (Lipinski definition) is 2. The predicted octanol–water partition coefficient (Wildman–Crippen LogP) is 3.76. The zero-order valence-corrected chi connectivity index (χ0v) is 13.4. The first-order valence-electron chi connectivity index (χ1n) is 8.41. The molecule has 0 fully saturated rings. The summed E-state index contributed by atoms with van der Waals surface area (Å²) in [6.45, 7) is 1.23. The number of ether oxygens (including phenoxy) is 1. The minimum atomic E-state index is 0.0121. The van der Waals surface area contributed by atoms with Crippen LogP contribution in [0.5, 0.6) is 5.75 Å². The molecule has 3 heteroatoms. The lowest BCUT2D eigenvalue weighted by Gasteiger charge is -2.16. The van der Waals surface area contributed by atoms with Crippen molar-refractivity contribution >= 4 is 5.91 Å². The molecule has 0 saturated carbocycles. The molecule has 2 aromatic rings. The van der Waals surface area contributed by atoms with E-state index < -0.39 is 0 Å². The highest BCUT2D eigenvalue weighted by molar-refractivity contribution is 5.94. The van der Waals surface area contributed by atoms with Gasteiger partial charge >= 0.3 is 0 Å². The molecule has 0 unspecified atom stereocenters. The SMILES string of the molecule is O=C(NCCCOc1ccccc1)c1ccc2c(c1)CCCC2. The molecule has 0 radical (unpaired) electrons. The molecular weight excluding hydrogens is 286 g/mol. The second-order valence-electron chi connectivity index (χ2n) is 5.96. The topological polar surface area (TPSA) is 38.3 Å². The van der Waals surface area contributed by atoms with Gasteiger partial charge in [-0.2, -0.15) is 0 Å². The molecule has 0 aliphatic heterocycles. The number of aryl methyl sites for hydroxylation is 2. The highest BCUT2D eigenvalue weighted by Crippen LogP contribution is 2.22. The molecule has 1 amide bonds. The second kappa shape index (κ2) is 7.82. The molecule has 120 valence electrons.